The van der Waals surface area contributed by atoms with Gasteiger partial charge in [0.15, 0.2) is 11.6 Å². The van der Waals surface area contributed by atoms with Crippen LogP contribution in [0.15, 0.2) is 40.3 Å². The number of benzene rings is 2. The molecule has 18 heteroatoms. The number of fused-ring (bicyclic) bond motifs is 1. The second kappa shape index (κ2) is 13.5. The van der Waals surface area contributed by atoms with Crippen LogP contribution in [0.25, 0.3) is 10.9 Å². The Morgan fingerprint density at radius 2 is 1.83 bits per heavy atom. The quantitative estimate of drug-likeness (QED) is 0.159. The first kappa shape index (κ1) is 32.4. The molecule has 0 saturated heterocycles. The van der Waals surface area contributed by atoms with Crippen molar-refractivity contribution in [1.29, 1.82) is 0 Å². The lowest BCUT2D eigenvalue weighted by Gasteiger charge is -2.19. The number of nitrogens with two attached hydrogens (primary N) is 1. The maximum Gasteiger partial charge on any atom is 0.355 e. The van der Waals surface area contributed by atoms with Crippen LogP contribution in [0.4, 0.5) is 24.8 Å². The van der Waals surface area contributed by atoms with E-state index in [1.54, 1.807) is 24.0 Å². The predicted molar refractivity (Wildman–Crippen MR) is 161 cm³/mol. The minimum Gasteiger partial charge on any atom is -0.481 e. The molecule has 5 aromatic rings. The number of carboxylic acids is 1. The molecule has 0 aliphatic heterocycles. The number of aliphatic carboxylic acids is 1. The molecular weight excluding hydrogens is 633 g/mol. The first-order chi connectivity index (χ1) is 22.0. The highest BCUT2D eigenvalue weighted by Gasteiger charge is 2.22. The zero-order chi connectivity index (χ0) is 33.1. The molecule has 0 saturated carbocycles. The summed E-state index contributed by atoms with van der Waals surface area (Å²) in [5, 5.41) is 21.2. The molecule has 3 heterocycles. The van der Waals surface area contributed by atoms with Gasteiger partial charge in [0.25, 0.3) is 0 Å². The summed E-state index contributed by atoms with van der Waals surface area (Å²) < 4.78 is 47.3. The van der Waals surface area contributed by atoms with E-state index >= 15 is 0 Å². The van der Waals surface area contributed by atoms with Crippen LogP contribution in [0, 0.1) is 17.5 Å². The standard InChI is InChI=1S/C28H28ClF3N10O4/c1-39-12-17-16(4-2-6-33)25(18(29)9-22(17)38-39)36-26-37-27(45)41(13-23-34-14-35-42(23)7-3-5-24(43)44)28(46)40(26)11-15-8-20(31)21(32)10-19(15)30/h8-10,12,14H,2-7,11,13,33H2,1H3,(H,43,44)(H,36,37,45). The summed E-state index contributed by atoms with van der Waals surface area (Å²) >= 11 is 6.66. The largest absolute Gasteiger partial charge is 0.481 e. The third kappa shape index (κ3) is 6.79. The average Bonchev–Trinajstić information content (AvgIpc) is 3.60. The van der Waals surface area contributed by atoms with Gasteiger partial charge >= 0.3 is 17.3 Å². The molecule has 0 radical (unpaired) electrons. The summed E-state index contributed by atoms with van der Waals surface area (Å²) in [5.41, 5.74) is 4.90. The van der Waals surface area contributed by atoms with Crippen molar-refractivity contribution in [2.45, 2.75) is 45.3 Å². The lowest BCUT2D eigenvalue weighted by Crippen LogP contribution is -2.43. The number of rotatable bonds is 13. The van der Waals surface area contributed by atoms with Crippen molar-refractivity contribution in [1.82, 2.24) is 38.7 Å². The average molecular weight is 661 g/mol. The van der Waals surface area contributed by atoms with E-state index in [1.165, 1.54) is 11.0 Å². The minimum absolute atomic E-state index is 0.138. The Morgan fingerprint density at radius 3 is 2.57 bits per heavy atom. The van der Waals surface area contributed by atoms with E-state index in [0.29, 0.717) is 47.2 Å². The van der Waals surface area contributed by atoms with Gasteiger partial charge < -0.3 is 16.2 Å². The Hall–Kier alpha value is -5.03. The second-order valence-corrected chi connectivity index (χ2v) is 10.8. The van der Waals surface area contributed by atoms with Gasteiger partial charge in [-0.1, -0.05) is 11.6 Å². The monoisotopic (exact) mass is 660 g/mol. The molecule has 5 rings (SSSR count). The summed E-state index contributed by atoms with van der Waals surface area (Å²) in [4.78, 5) is 46.3. The summed E-state index contributed by atoms with van der Waals surface area (Å²) in [5.74, 6) is -5.11. The number of aryl methyl sites for hydroxylation is 3. The number of carboxylic acid groups (broad SMARTS) is 1. The van der Waals surface area contributed by atoms with Crippen LogP contribution in [0.1, 0.15) is 36.2 Å². The van der Waals surface area contributed by atoms with E-state index in [4.69, 9.17) is 22.4 Å². The highest BCUT2D eigenvalue weighted by Crippen LogP contribution is 2.35. The first-order valence-electron chi connectivity index (χ1n) is 14.0. The molecule has 242 valence electrons. The molecule has 14 nitrogen and oxygen atoms in total. The van der Waals surface area contributed by atoms with Gasteiger partial charge in [-0.05, 0) is 43.5 Å². The molecule has 0 unspecified atom stereocenters. The number of nitrogens with zero attached hydrogens (tertiary/aromatic N) is 8. The second-order valence-electron chi connectivity index (χ2n) is 10.4. The molecule has 2 aromatic carbocycles. The van der Waals surface area contributed by atoms with Gasteiger partial charge in [0.05, 0.1) is 29.3 Å². The number of aromatic nitrogens is 8. The normalized spacial score (nSPS) is 11.4. The van der Waals surface area contributed by atoms with E-state index in [9.17, 15) is 27.6 Å². The highest BCUT2D eigenvalue weighted by molar-refractivity contribution is 6.34. The third-order valence-electron chi connectivity index (χ3n) is 7.18. The third-order valence-corrected chi connectivity index (χ3v) is 7.48. The van der Waals surface area contributed by atoms with Crippen molar-refractivity contribution in [3.63, 3.8) is 0 Å². The number of nitrogens with one attached hydrogen (secondary N) is 1. The van der Waals surface area contributed by atoms with E-state index < -0.39 is 53.5 Å². The SMILES string of the molecule is Cn1cc2c(CCCN)c(Nc3nc(=O)n(Cc4ncnn4CCCC(=O)O)c(=O)n3Cc3cc(F)c(F)cc3F)c(Cl)cc2n1. The number of anilines is 2. The summed E-state index contributed by atoms with van der Waals surface area (Å²) in [6, 6.07) is 2.54. The van der Waals surface area contributed by atoms with Gasteiger partial charge in [-0.2, -0.15) is 15.2 Å². The first-order valence-corrected chi connectivity index (χ1v) is 14.4. The van der Waals surface area contributed by atoms with Gasteiger partial charge in [0.2, 0.25) is 5.95 Å². The molecule has 46 heavy (non-hydrogen) atoms. The van der Waals surface area contributed by atoms with Crippen molar-refractivity contribution < 1.29 is 23.1 Å². The Labute approximate surface area is 262 Å². The highest BCUT2D eigenvalue weighted by atomic mass is 35.5. The van der Waals surface area contributed by atoms with Crippen molar-refractivity contribution in [3.05, 3.63) is 91.1 Å². The molecule has 0 fully saturated rings. The van der Waals surface area contributed by atoms with Gasteiger partial charge in [0.1, 0.15) is 18.0 Å². The fraction of sp³-hybridized carbons (Fsp3) is 0.321. The van der Waals surface area contributed by atoms with Crippen LogP contribution >= 0.6 is 11.6 Å². The maximum atomic E-state index is 14.8. The summed E-state index contributed by atoms with van der Waals surface area (Å²) in [7, 11) is 1.73. The van der Waals surface area contributed by atoms with Crippen molar-refractivity contribution in [2.75, 3.05) is 11.9 Å². The molecule has 4 N–H and O–H groups in total. The van der Waals surface area contributed by atoms with E-state index in [1.807, 2.05) is 0 Å². The van der Waals surface area contributed by atoms with E-state index in [2.05, 4.69) is 25.5 Å². The smallest absolute Gasteiger partial charge is 0.355 e. The summed E-state index contributed by atoms with van der Waals surface area (Å²) in [6.45, 7) is -0.599. The Balaban J connectivity index is 1.63. The molecule has 0 amide bonds. The van der Waals surface area contributed by atoms with Crippen LogP contribution in [-0.4, -0.2) is 56.3 Å². The zero-order valence-electron chi connectivity index (χ0n) is 24.4. The van der Waals surface area contributed by atoms with Crippen LogP contribution in [-0.2, 0) is 37.9 Å². The molecule has 0 aliphatic carbocycles. The number of hydrogen-bond acceptors (Lipinski definition) is 9. The minimum atomic E-state index is -1.42. The van der Waals surface area contributed by atoms with Crippen molar-refractivity contribution in [3.8, 4) is 0 Å². The molecule has 0 bridgehead atoms. The van der Waals surface area contributed by atoms with Crippen LogP contribution in [0.2, 0.25) is 5.02 Å². The number of hydrogen-bond donors (Lipinski definition) is 3. The fourth-order valence-electron chi connectivity index (χ4n) is 4.98. The van der Waals surface area contributed by atoms with Gasteiger partial charge in [0, 0.05) is 43.2 Å². The molecule has 0 atom stereocenters. The lowest BCUT2D eigenvalue weighted by molar-refractivity contribution is -0.137. The Morgan fingerprint density at radius 1 is 1.07 bits per heavy atom. The van der Waals surface area contributed by atoms with Crippen molar-refractivity contribution >= 4 is 40.1 Å². The number of carbonyl (C=O) groups is 1. The Bertz CT molecular complexity index is 2060. The van der Waals surface area contributed by atoms with Crippen molar-refractivity contribution in [2.24, 2.45) is 12.8 Å². The van der Waals surface area contributed by atoms with E-state index in [0.717, 1.165) is 9.95 Å². The fourth-order valence-corrected chi connectivity index (χ4v) is 5.24. The molecule has 0 aliphatic rings. The van der Waals surface area contributed by atoms with Crippen LogP contribution < -0.4 is 22.4 Å². The Kier molecular flexibility index (Phi) is 9.52. The topological polar surface area (TPSA) is 181 Å². The maximum absolute atomic E-state index is 14.8. The van der Waals surface area contributed by atoms with Crippen LogP contribution in [0.3, 0.4) is 0 Å². The zero-order valence-corrected chi connectivity index (χ0v) is 25.1. The number of halogens is 4. The van der Waals surface area contributed by atoms with E-state index in [-0.39, 0.29) is 41.9 Å². The molecule has 0 spiro atoms. The van der Waals surface area contributed by atoms with Gasteiger partial charge in [-0.15, -0.1) is 0 Å². The van der Waals surface area contributed by atoms with Crippen LogP contribution in [0.5, 0.6) is 0 Å². The lowest BCUT2D eigenvalue weighted by atomic mass is 10.0. The summed E-state index contributed by atoms with van der Waals surface area (Å²) in [6.07, 6.45) is 3.99. The molecule has 3 aromatic heterocycles. The van der Waals surface area contributed by atoms with Gasteiger partial charge in [-0.3, -0.25) is 14.0 Å². The predicted octanol–water partition coefficient (Wildman–Crippen LogP) is 2.55. The van der Waals surface area contributed by atoms with Gasteiger partial charge in [-0.25, -0.2) is 37.0 Å². The molecular formula is C28H28ClF3N10O4.